The zero-order valence-electron chi connectivity index (χ0n) is 22.1. The molecule has 0 unspecified atom stereocenters. The fourth-order valence-electron chi connectivity index (χ4n) is 5.67. The van der Waals surface area contributed by atoms with Gasteiger partial charge >= 0.3 is 0 Å². The Morgan fingerprint density at radius 3 is 2.31 bits per heavy atom. The SMILES string of the molecule is Cc1cc(/C(N)=C/c2c(-c3cnn(C4CCN(C)CC4)c3)c[nH]c2N)cc(C)c1N1CCN(C)CC1. The molecule has 0 radical (unpaired) electrons. The number of nitrogens with zero attached hydrogens (tertiary/aromatic N) is 5. The average molecular weight is 489 g/mol. The monoisotopic (exact) mass is 488 g/mol. The number of benzene rings is 1. The number of aromatic nitrogens is 3. The number of nitrogen functional groups attached to an aromatic ring is 1. The lowest BCUT2D eigenvalue weighted by Crippen LogP contribution is -2.45. The molecule has 0 aliphatic carbocycles. The largest absolute Gasteiger partial charge is 0.398 e. The highest BCUT2D eigenvalue weighted by Gasteiger charge is 2.21. The molecule has 2 fully saturated rings. The first-order valence-electron chi connectivity index (χ1n) is 13.0. The summed E-state index contributed by atoms with van der Waals surface area (Å²) in [6.07, 6.45) is 10.3. The maximum absolute atomic E-state index is 6.67. The quantitative estimate of drug-likeness (QED) is 0.508. The minimum Gasteiger partial charge on any atom is -0.398 e. The number of piperidine rings is 1. The van der Waals surface area contributed by atoms with Gasteiger partial charge < -0.3 is 31.2 Å². The predicted molar refractivity (Wildman–Crippen MR) is 150 cm³/mol. The minimum absolute atomic E-state index is 0.445. The van der Waals surface area contributed by atoms with Crippen molar-refractivity contribution < 1.29 is 0 Å². The highest BCUT2D eigenvalue weighted by molar-refractivity contribution is 5.90. The first-order valence-corrected chi connectivity index (χ1v) is 13.0. The number of nitrogens with one attached hydrogen (secondary N) is 1. The Morgan fingerprint density at radius 2 is 1.64 bits per heavy atom. The molecule has 5 N–H and O–H groups in total. The molecule has 1 aromatic carbocycles. The van der Waals surface area contributed by atoms with Gasteiger partial charge in [0, 0.05) is 66.6 Å². The number of nitrogens with two attached hydrogens (primary N) is 2. The van der Waals surface area contributed by atoms with Gasteiger partial charge in [-0.3, -0.25) is 4.68 Å². The van der Waals surface area contributed by atoms with Gasteiger partial charge in [0.25, 0.3) is 0 Å². The van der Waals surface area contributed by atoms with Crippen molar-refractivity contribution in [2.75, 3.05) is 64.0 Å². The summed E-state index contributed by atoms with van der Waals surface area (Å²) in [5.74, 6) is 0.613. The average Bonchev–Trinajstić information content (AvgIpc) is 3.47. The number of anilines is 2. The summed E-state index contributed by atoms with van der Waals surface area (Å²) < 4.78 is 2.12. The zero-order chi connectivity index (χ0) is 25.4. The molecule has 192 valence electrons. The van der Waals surface area contributed by atoms with E-state index in [0.717, 1.165) is 74.4 Å². The van der Waals surface area contributed by atoms with Crippen LogP contribution in [-0.4, -0.2) is 77.9 Å². The van der Waals surface area contributed by atoms with Crippen LogP contribution in [0.3, 0.4) is 0 Å². The second-order valence-corrected chi connectivity index (χ2v) is 10.6. The topological polar surface area (TPSA) is 95.4 Å². The molecule has 8 heteroatoms. The minimum atomic E-state index is 0.445. The molecule has 5 rings (SSSR count). The number of hydrogen-bond acceptors (Lipinski definition) is 6. The van der Waals surface area contributed by atoms with E-state index in [0.29, 0.717) is 17.6 Å². The van der Waals surface area contributed by atoms with Crippen LogP contribution >= 0.6 is 0 Å². The lowest BCUT2D eigenvalue weighted by Gasteiger charge is -2.36. The lowest BCUT2D eigenvalue weighted by atomic mass is 9.99. The van der Waals surface area contributed by atoms with Gasteiger partial charge in [-0.2, -0.15) is 5.10 Å². The summed E-state index contributed by atoms with van der Waals surface area (Å²) in [5.41, 5.74) is 21.6. The van der Waals surface area contributed by atoms with Crippen LogP contribution in [0.5, 0.6) is 0 Å². The van der Waals surface area contributed by atoms with Gasteiger partial charge in [-0.1, -0.05) is 0 Å². The number of aromatic amines is 1. The van der Waals surface area contributed by atoms with Gasteiger partial charge in [-0.05, 0) is 88.8 Å². The molecule has 0 spiro atoms. The summed E-state index contributed by atoms with van der Waals surface area (Å²) in [6, 6.07) is 4.85. The van der Waals surface area contributed by atoms with Crippen LogP contribution in [0, 0.1) is 13.8 Å². The smallest absolute Gasteiger partial charge is 0.108 e. The van der Waals surface area contributed by atoms with E-state index in [9.17, 15) is 0 Å². The van der Waals surface area contributed by atoms with Crippen LogP contribution in [0.25, 0.3) is 22.9 Å². The Kier molecular flexibility index (Phi) is 6.81. The van der Waals surface area contributed by atoms with Gasteiger partial charge in [0.2, 0.25) is 0 Å². The maximum atomic E-state index is 6.67. The van der Waals surface area contributed by atoms with Gasteiger partial charge in [0.15, 0.2) is 0 Å². The number of likely N-dealkylation sites (tertiary alicyclic amines) is 1. The molecule has 2 saturated heterocycles. The molecule has 4 heterocycles. The Labute approximate surface area is 214 Å². The fraction of sp³-hybridized carbons (Fsp3) is 0.464. The molecule has 2 aliphatic rings. The molecule has 0 saturated carbocycles. The molecule has 0 amide bonds. The summed E-state index contributed by atoms with van der Waals surface area (Å²) in [7, 11) is 4.37. The predicted octanol–water partition coefficient (Wildman–Crippen LogP) is 3.55. The van der Waals surface area contributed by atoms with Crippen LogP contribution in [0.4, 0.5) is 11.5 Å². The van der Waals surface area contributed by atoms with Crippen LogP contribution < -0.4 is 16.4 Å². The maximum Gasteiger partial charge on any atom is 0.108 e. The third kappa shape index (κ3) is 4.88. The number of hydrogen-bond donors (Lipinski definition) is 3. The second-order valence-electron chi connectivity index (χ2n) is 10.6. The third-order valence-corrected chi connectivity index (χ3v) is 7.87. The molecular formula is C28H40N8. The number of aryl methyl sites for hydroxylation is 2. The van der Waals surface area contributed by atoms with Crippen molar-refractivity contribution in [1.82, 2.24) is 24.6 Å². The van der Waals surface area contributed by atoms with E-state index in [-0.39, 0.29) is 0 Å². The van der Waals surface area contributed by atoms with E-state index in [1.54, 1.807) is 0 Å². The number of rotatable bonds is 5. The summed E-state index contributed by atoms with van der Waals surface area (Å²) >= 11 is 0. The highest BCUT2D eigenvalue weighted by Crippen LogP contribution is 2.33. The van der Waals surface area contributed by atoms with E-state index >= 15 is 0 Å². The Hall–Kier alpha value is -3.23. The van der Waals surface area contributed by atoms with Gasteiger partial charge in [0.05, 0.1) is 12.2 Å². The summed E-state index contributed by atoms with van der Waals surface area (Å²) in [4.78, 5) is 10.4. The Balaban J connectivity index is 1.40. The van der Waals surface area contributed by atoms with Crippen molar-refractivity contribution in [2.24, 2.45) is 5.73 Å². The molecule has 0 bridgehead atoms. The number of H-pyrrole nitrogens is 1. The standard InChI is InChI=1S/C28H40N8/c1-19-13-21(14-20(2)27(19)35-11-9-34(4)10-12-35)26(29)15-24-25(17-31-28(24)30)22-16-32-36(18-22)23-5-7-33(3)8-6-23/h13-18,23,31H,5-12,29-30H2,1-4H3/b26-15-. The van der Waals surface area contributed by atoms with E-state index in [2.05, 4.69) is 70.6 Å². The van der Waals surface area contributed by atoms with E-state index in [1.165, 1.54) is 16.8 Å². The molecule has 3 aromatic rings. The van der Waals surface area contributed by atoms with Gasteiger partial charge in [0.1, 0.15) is 5.82 Å². The van der Waals surface area contributed by atoms with Crippen molar-refractivity contribution in [3.63, 3.8) is 0 Å². The first kappa shape index (κ1) is 24.5. The molecule has 0 atom stereocenters. The van der Waals surface area contributed by atoms with Crippen molar-refractivity contribution in [3.8, 4) is 11.1 Å². The normalized spacial score (nSPS) is 18.8. The molecule has 2 aromatic heterocycles. The summed E-state index contributed by atoms with van der Waals surface area (Å²) in [5, 5.41) is 4.69. The second kappa shape index (κ2) is 10.0. The van der Waals surface area contributed by atoms with E-state index in [4.69, 9.17) is 16.6 Å². The van der Waals surface area contributed by atoms with Gasteiger partial charge in [-0.15, -0.1) is 0 Å². The van der Waals surface area contributed by atoms with Crippen molar-refractivity contribution >= 4 is 23.3 Å². The molecule has 8 nitrogen and oxygen atoms in total. The van der Waals surface area contributed by atoms with Crippen LogP contribution in [0.15, 0.2) is 30.7 Å². The number of piperazine rings is 1. The van der Waals surface area contributed by atoms with Crippen molar-refractivity contribution in [1.29, 1.82) is 0 Å². The van der Waals surface area contributed by atoms with Crippen molar-refractivity contribution in [2.45, 2.75) is 32.7 Å². The highest BCUT2D eigenvalue weighted by atomic mass is 15.3. The third-order valence-electron chi connectivity index (χ3n) is 7.87. The zero-order valence-corrected chi connectivity index (χ0v) is 22.1. The van der Waals surface area contributed by atoms with Crippen molar-refractivity contribution in [3.05, 3.63) is 53.0 Å². The molecule has 2 aliphatic heterocycles. The van der Waals surface area contributed by atoms with E-state index in [1.807, 2.05) is 18.5 Å². The van der Waals surface area contributed by atoms with Crippen LogP contribution in [0.1, 0.15) is 41.1 Å². The first-order chi connectivity index (χ1) is 17.3. The summed E-state index contributed by atoms with van der Waals surface area (Å²) in [6.45, 7) is 10.9. The van der Waals surface area contributed by atoms with Crippen LogP contribution in [-0.2, 0) is 0 Å². The molecule has 36 heavy (non-hydrogen) atoms. The Bertz CT molecular complexity index is 1210. The van der Waals surface area contributed by atoms with E-state index < -0.39 is 0 Å². The lowest BCUT2D eigenvalue weighted by molar-refractivity contribution is 0.212. The molecular weight excluding hydrogens is 448 g/mol. The van der Waals surface area contributed by atoms with Crippen LogP contribution in [0.2, 0.25) is 0 Å². The number of likely N-dealkylation sites (N-methyl/N-ethyl adjacent to an activating group) is 1. The fourth-order valence-corrected chi connectivity index (χ4v) is 5.67. The Morgan fingerprint density at radius 1 is 1.00 bits per heavy atom. The van der Waals surface area contributed by atoms with Gasteiger partial charge in [-0.25, -0.2) is 0 Å².